The standard InChI is InChI=1S/C13H14FN3O3.ClH/c14-9-3-1-2-4-11(9)19-7-12-16-13(20-17-12)10-5-8(18)6-15-10;/h1-4,8,10,15,18H,5-7H2;1H/t8-,10-;/m1./s1. The molecule has 2 atom stereocenters. The predicted octanol–water partition coefficient (Wildman–Crippen LogP) is 1.60. The zero-order valence-corrected chi connectivity index (χ0v) is 11.8. The molecule has 0 spiro atoms. The molecule has 6 nitrogen and oxygen atoms in total. The third-order valence-electron chi connectivity index (χ3n) is 3.08. The summed E-state index contributed by atoms with van der Waals surface area (Å²) in [7, 11) is 0. The van der Waals surface area contributed by atoms with Gasteiger partial charge in [-0.05, 0) is 18.6 Å². The third-order valence-corrected chi connectivity index (χ3v) is 3.08. The molecule has 114 valence electrons. The van der Waals surface area contributed by atoms with Gasteiger partial charge in [0, 0.05) is 6.54 Å². The Morgan fingerprint density at radius 1 is 1.43 bits per heavy atom. The molecule has 0 saturated carbocycles. The summed E-state index contributed by atoms with van der Waals surface area (Å²) in [5, 5.41) is 16.3. The summed E-state index contributed by atoms with van der Waals surface area (Å²) in [6.07, 6.45) is 0.139. The van der Waals surface area contributed by atoms with Crippen molar-refractivity contribution in [2.45, 2.75) is 25.2 Å². The molecule has 3 rings (SSSR count). The van der Waals surface area contributed by atoms with Gasteiger partial charge in [0.2, 0.25) is 11.7 Å². The van der Waals surface area contributed by atoms with Gasteiger partial charge in [-0.2, -0.15) is 4.98 Å². The molecule has 1 fully saturated rings. The fourth-order valence-corrected chi connectivity index (χ4v) is 2.08. The fraction of sp³-hybridized carbons (Fsp3) is 0.385. The SMILES string of the molecule is Cl.O[C@H]1CN[C@@H](c2nc(COc3ccccc3F)no2)C1. The van der Waals surface area contributed by atoms with Gasteiger partial charge in [-0.3, -0.25) is 0 Å². The Bertz CT molecular complexity index is 596. The van der Waals surface area contributed by atoms with Crippen LogP contribution in [-0.2, 0) is 6.61 Å². The van der Waals surface area contributed by atoms with Gasteiger partial charge in [-0.25, -0.2) is 4.39 Å². The smallest absolute Gasteiger partial charge is 0.244 e. The highest BCUT2D eigenvalue weighted by Crippen LogP contribution is 2.22. The first kappa shape index (κ1) is 15.7. The second-order valence-electron chi connectivity index (χ2n) is 4.62. The number of β-amino-alcohol motifs (C(OH)–C–C–N with tert-alkyl or cyclic N) is 1. The second kappa shape index (κ2) is 6.84. The number of benzene rings is 1. The number of rotatable bonds is 4. The Labute approximate surface area is 126 Å². The van der Waals surface area contributed by atoms with E-state index in [-0.39, 0.29) is 30.8 Å². The topological polar surface area (TPSA) is 80.4 Å². The molecule has 1 aromatic carbocycles. The summed E-state index contributed by atoms with van der Waals surface area (Å²) in [5.41, 5.74) is 0. The Hall–Kier alpha value is -1.70. The van der Waals surface area contributed by atoms with E-state index >= 15 is 0 Å². The predicted molar refractivity (Wildman–Crippen MR) is 73.6 cm³/mol. The van der Waals surface area contributed by atoms with E-state index in [9.17, 15) is 9.50 Å². The first-order chi connectivity index (χ1) is 9.72. The van der Waals surface area contributed by atoms with Crippen LogP contribution in [0.5, 0.6) is 5.75 Å². The maximum Gasteiger partial charge on any atom is 0.244 e. The Morgan fingerprint density at radius 2 is 2.24 bits per heavy atom. The number of ether oxygens (including phenoxy) is 1. The van der Waals surface area contributed by atoms with Crippen LogP contribution >= 0.6 is 12.4 Å². The molecule has 21 heavy (non-hydrogen) atoms. The van der Waals surface area contributed by atoms with E-state index in [1.165, 1.54) is 12.1 Å². The van der Waals surface area contributed by atoms with Gasteiger partial charge in [-0.1, -0.05) is 17.3 Å². The lowest BCUT2D eigenvalue weighted by Gasteiger charge is -2.03. The number of hydrogen-bond donors (Lipinski definition) is 2. The van der Waals surface area contributed by atoms with Crippen LogP contribution in [0.3, 0.4) is 0 Å². The molecule has 1 saturated heterocycles. The number of para-hydroxylation sites is 1. The molecule has 1 aliphatic heterocycles. The third kappa shape index (κ3) is 3.69. The molecule has 1 aromatic heterocycles. The van der Waals surface area contributed by atoms with E-state index in [1.807, 2.05) is 0 Å². The van der Waals surface area contributed by atoms with E-state index in [4.69, 9.17) is 9.26 Å². The Morgan fingerprint density at radius 3 is 2.95 bits per heavy atom. The average Bonchev–Trinajstić information content (AvgIpc) is 3.06. The number of halogens is 2. The van der Waals surface area contributed by atoms with Crippen molar-refractivity contribution in [3.05, 3.63) is 41.8 Å². The number of nitrogens with one attached hydrogen (secondary N) is 1. The zero-order valence-electron chi connectivity index (χ0n) is 11.0. The van der Waals surface area contributed by atoms with Crippen LogP contribution in [0.4, 0.5) is 4.39 Å². The number of hydrogen-bond acceptors (Lipinski definition) is 6. The van der Waals surface area contributed by atoms with Crippen LogP contribution in [0.1, 0.15) is 24.2 Å². The summed E-state index contributed by atoms with van der Waals surface area (Å²) in [6, 6.07) is 5.99. The molecule has 2 N–H and O–H groups in total. The second-order valence-corrected chi connectivity index (χ2v) is 4.62. The number of nitrogens with zero attached hydrogens (tertiary/aromatic N) is 2. The van der Waals surface area contributed by atoms with Crippen molar-refractivity contribution in [1.29, 1.82) is 0 Å². The van der Waals surface area contributed by atoms with Gasteiger partial charge in [0.15, 0.2) is 18.2 Å². The quantitative estimate of drug-likeness (QED) is 0.892. The van der Waals surface area contributed by atoms with Crippen molar-refractivity contribution < 1.29 is 18.8 Å². The van der Waals surface area contributed by atoms with Crippen molar-refractivity contribution in [2.24, 2.45) is 0 Å². The summed E-state index contributed by atoms with van der Waals surface area (Å²) < 4.78 is 23.8. The molecular weight excluding hydrogens is 301 g/mol. The lowest BCUT2D eigenvalue weighted by molar-refractivity contribution is 0.191. The first-order valence-corrected chi connectivity index (χ1v) is 6.33. The largest absolute Gasteiger partial charge is 0.482 e. The summed E-state index contributed by atoms with van der Waals surface area (Å²) in [6.45, 7) is 0.536. The maximum atomic E-state index is 13.4. The Balaban J connectivity index is 0.00000161. The van der Waals surface area contributed by atoms with Crippen LogP contribution in [0, 0.1) is 5.82 Å². The summed E-state index contributed by atoms with van der Waals surface area (Å²) in [5.74, 6) is 0.463. The van der Waals surface area contributed by atoms with Crippen molar-refractivity contribution in [2.75, 3.05) is 6.54 Å². The van der Waals surface area contributed by atoms with Crippen molar-refractivity contribution >= 4 is 12.4 Å². The van der Waals surface area contributed by atoms with Gasteiger partial charge in [0.25, 0.3) is 0 Å². The first-order valence-electron chi connectivity index (χ1n) is 6.33. The maximum absolute atomic E-state index is 13.4. The van der Waals surface area contributed by atoms with Crippen LogP contribution < -0.4 is 10.1 Å². The van der Waals surface area contributed by atoms with Gasteiger partial charge >= 0.3 is 0 Å². The molecule has 0 amide bonds. The number of aromatic nitrogens is 2. The Kier molecular flexibility index (Phi) is 5.11. The number of aliphatic hydroxyl groups excluding tert-OH is 1. The molecule has 2 aromatic rings. The van der Waals surface area contributed by atoms with E-state index in [0.29, 0.717) is 24.7 Å². The normalized spacial score (nSPS) is 21.0. The highest BCUT2D eigenvalue weighted by Gasteiger charge is 2.28. The molecule has 8 heteroatoms. The lowest BCUT2D eigenvalue weighted by Crippen LogP contribution is -2.15. The molecule has 0 bridgehead atoms. The minimum atomic E-state index is -0.434. The fourth-order valence-electron chi connectivity index (χ4n) is 2.08. The van der Waals surface area contributed by atoms with Gasteiger partial charge < -0.3 is 19.7 Å². The van der Waals surface area contributed by atoms with Crippen LogP contribution in [-0.4, -0.2) is 27.9 Å². The molecule has 0 radical (unpaired) electrons. The van der Waals surface area contributed by atoms with Crippen molar-refractivity contribution in [3.8, 4) is 5.75 Å². The van der Waals surface area contributed by atoms with Crippen molar-refractivity contribution in [3.63, 3.8) is 0 Å². The minimum Gasteiger partial charge on any atom is -0.482 e. The molecule has 0 aliphatic carbocycles. The van der Waals surface area contributed by atoms with Gasteiger partial charge in [-0.15, -0.1) is 12.4 Å². The van der Waals surface area contributed by atoms with Gasteiger partial charge in [0.1, 0.15) is 0 Å². The number of aliphatic hydroxyl groups is 1. The monoisotopic (exact) mass is 315 g/mol. The van der Waals surface area contributed by atoms with Crippen LogP contribution in [0.2, 0.25) is 0 Å². The minimum absolute atomic E-state index is 0. The van der Waals surface area contributed by atoms with Crippen molar-refractivity contribution in [1.82, 2.24) is 15.5 Å². The van der Waals surface area contributed by atoms with E-state index < -0.39 is 11.9 Å². The molecule has 2 heterocycles. The average molecular weight is 316 g/mol. The van der Waals surface area contributed by atoms with Crippen LogP contribution in [0.25, 0.3) is 0 Å². The molecular formula is C13H15ClFN3O3. The van der Waals surface area contributed by atoms with E-state index in [1.54, 1.807) is 12.1 Å². The molecule has 1 aliphatic rings. The highest BCUT2D eigenvalue weighted by atomic mass is 35.5. The lowest BCUT2D eigenvalue weighted by atomic mass is 10.2. The zero-order chi connectivity index (χ0) is 13.9. The molecule has 0 unspecified atom stereocenters. The van der Waals surface area contributed by atoms with Crippen LogP contribution in [0.15, 0.2) is 28.8 Å². The summed E-state index contributed by atoms with van der Waals surface area (Å²) >= 11 is 0. The summed E-state index contributed by atoms with van der Waals surface area (Å²) in [4.78, 5) is 4.17. The van der Waals surface area contributed by atoms with E-state index in [0.717, 1.165) is 0 Å². The highest BCUT2D eigenvalue weighted by molar-refractivity contribution is 5.85. The van der Waals surface area contributed by atoms with Gasteiger partial charge in [0.05, 0.1) is 12.1 Å². The van der Waals surface area contributed by atoms with E-state index in [2.05, 4.69) is 15.5 Å².